The van der Waals surface area contributed by atoms with Crippen LogP contribution in [0.3, 0.4) is 0 Å². The fourth-order valence-electron chi connectivity index (χ4n) is 1.65. The van der Waals surface area contributed by atoms with E-state index in [0.717, 1.165) is 27.3 Å². The van der Waals surface area contributed by atoms with Crippen molar-refractivity contribution in [2.24, 2.45) is 0 Å². The number of aryl methyl sites for hydroxylation is 1. The summed E-state index contributed by atoms with van der Waals surface area (Å²) >= 11 is 3.43. The molecule has 3 nitrogen and oxygen atoms in total. The summed E-state index contributed by atoms with van der Waals surface area (Å²) in [6.07, 6.45) is 3.92. The number of nitrogens with zero attached hydrogens (tertiary/aromatic N) is 2. The zero-order valence-corrected chi connectivity index (χ0v) is 10.2. The molecule has 0 aliphatic carbocycles. The molecule has 0 radical (unpaired) electrons. The minimum atomic E-state index is 0.803. The molecule has 0 atom stereocenters. The van der Waals surface area contributed by atoms with Gasteiger partial charge in [0, 0.05) is 16.9 Å². The molecule has 80 valence electrons. The number of halogens is 1. The Morgan fingerprint density at radius 3 is 2.94 bits per heavy atom. The lowest BCUT2D eigenvalue weighted by Crippen LogP contribution is -1.79. The van der Waals surface area contributed by atoms with E-state index in [2.05, 4.69) is 20.9 Å². The van der Waals surface area contributed by atoms with Crippen molar-refractivity contribution in [2.75, 3.05) is 0 Å². The van der Waals surface area contributed by atoms with Gasteiger partial charge in [0.15, 0.2) is 5.76 Å². The van der Waals surface area contributed by atoms with Crippen LogP contribution in [0, 0.1) is 6.92 Å². The lowest BCUT2D eigenvalue weighted by Gasteiger charge is -1.91. The SMILES string of the molecule is Cc1ccc(-c2cn3ccc(Br)cc3n2)o1. The molecule has 0 saturated heterocycles. The van der Waals surface area contributed by atoms with Gasteiger partial charge in [-0.2, -0.15) is 0 Å². The predicted molar refractivity (Wildman–Crippen MR) is 65.3 cm³/mol. The summed E-state index contributed by atoms with van der Waals surface area (Å²) in [7, 11) is 0. The van der Waals surface area contributed by atoms with Gasteiger partial charge in [0.1, 0.15) is 17.1 Å². The van der Waals surface area contributed by atoms with E-state index in [-0.39, 0.29) is 0 Å². The zero-order chi connectivity index (χ0) is 11.1. The Bertz CT molecular complexity index is 654. The minimum absolute atomic E-state index is 0.803. The van der Waals surface area contributed by atoms with Gasteiger partial charge in [-0.15, -0.1) is 0 Å². The molecular formula is C12H9BrN2O. The lowest BCUT2D eigenvalue weighted by atomic mass is 10.3. The Labute approximate surface area is 101 Å². The van der Waals surface area contributed by atoms with Crippen molar-refractivity contribution in [1.29, 1.82) is 0 Å². The van der Waals surface area contributed by atoms with Crippen LogP contribution in [0.2, 0.25) is 0 Å². The molecule has 3 heterocycles. The molecule has 0 spiro atoms. The van der Waals surface area contributed by atoms with E-state index < -0.39 is 0 Å². The largest absolute Gasteiger partial charge is 0.460 e. The monoisotopic (exact) mass is 276 g/mol. The van der Waals surface area contributed by atoms with Crippen LogP contribution in [-0.4, -0.2) is 9.38 Å². The fourth-order valence-corrected chi connectivity index (χ4v) is 1.97. The van der Waals surface area contributed by atoms with Gasteiger partial charge in [0.25, 0.3) is 0 Å². The average molecular weight is 277 g/mol. The first-order valence-corrected chi connectivity index (χ1v) is 5.73. The molecule has 0 aliphatic rings. The maximum absolute atomic E-state index is 5.54. The molecule has 4 heteroatoms. The van der Waals surface area contributed by atoms with Gasteiger partial charge in [-0.1, -0.05) is 15.9 Å². The van der Waals surface area contributed by atoms with E-state index in [0.29, 0.717) is 0 Å². The van der Waals surface area contributed by atoms with Crippen LogP contribution in [-0.2, 0) is 0 Å². The third kappa shape index (κ3) is 1.55. The number of fused-ring (bicyclic) bond motifs is 1. The standard InChI is InChI=1S/C12H9BrN2O/c1-8-2-3-11(16-8)10-7-15-5-4-9(13)6-12(15)14-10/h2-7H,1H3. The summed E-state index contributed by atoms with van der Waals surface area (Å²) in [6, 6.07) is 7.83. The van der Waals surface area contributed by atoms with Gasteiger partial charge in [0.05, 0.1) is 0 Å². The van der Waals surface area contributed by atoms with Crippen molar-refractivity contribution < 1.29 is 4.42 Å². The normalized spacial score (nSPS) is 11.1. The number of imidazole rings is 1. The van der Waals surface area contributed by atoms with E-state index in [1.807, 2.05) is 48.0 Å². The van der Waals surface area contributed by atoms with Crippen LogP contribution in [0.15, 0.2) is 45.5 Å². The van der Waals surface area contributed by atoms with Crippen molar-refractivity contribution in [3.63, 3.8) is 0 Å². The van der Waals surface area contributed by atoms with Crippen LogP contribution in [0.4, 0.5) is 0 Å². The highest BCUT2D eigenvalue weighted by Gasteiger charge is 2.07. The smallest absolute Gasteiger partial charge is 0.154 e. The van der Waals surface area contributed by atoms with Gasteiger partial charge in [-0.25, -0.2) is 4.98 Å². The molecule has 0 aliphatic heterocycles. The van der Waals surface area contributed by atoms with Crippen molar-refractivity contribution in [1.82, 2.24) is 9.38 Å². The predicted octanol–water partition coefficient (Wildman–Crippen LogP) is 3.67. The molecule has 3 aromatic rings. The van der Waals surface area contributed by atoms with Gasteiger partial charge < -0.3 is 8.82 Å². The number of furan rings is 1. The van der Waals surface area contributed by atoms with E-state index in [1.165, 1.54) is 0 Å². The molecular weight excluding hydrogens is 268 g/mol. The molecule has 16 heavy (non-hydrogen) atoms. The Morgan fingerprint density at radius 2 is 2.19 bits per heavy atom. The van der Waals surface area contributed by atoms with E-state index in [9.17, 15) is 0 Å². The quantitative estimate of drug-likeness (QED) is 0.679. The van der Waals surface area contributed by atoms with Gasteiger partial charge in [-0.05, 0) is 31.2 Å². The number of hydrogen-bond acceptors (Lipinski definition) is 2. The minimum Gasteiger partial charge on any atom is -0.460 e. The highest BCUT2D eigenvalue weighted by Crippen LogP contribution is 2.22. The highest BCUT2D eigenvalue weighted by atomic mass is 79.9. The lowest BCUT2D eigenvalue weighted by molar-refractivity contribution is 0.547. The van der Waals surface area contributed by atoms with Crippen LogP contribution in [0.5, 0.6) is 0 Å². The second-order valence-electron chi connectivity index (χ2n) is 3.65. The maximum atomic E-state index is 5.54. The second kappa shape index (κ2) is 3.49. The Morgan fingerprint density at radius 1 is 1.31 bits per heavy atom. The van der Waals surface area contributed by atoms with Crippen molar-refractivity contribution in [2.45, 2.75) is 6.92 Å². The third-order valence-electron chi connectivity index (χ3n) is 2.42. The summed E-state index contributed by atoms with van der Waals surface area (Å²) in [6.45, 7) is 1.93. The molecule has 0 unspecified atom stereocenters. The summed E-state index contributed by atoms with van der Waals surface area (Å²) < 4.78 is 8.53. The summed E-state index contributed by atoms with van der Waals surface area (Å²) in [4.78, 5) is 4.50. The highest BCUT2D eigenvalue weighted by molar-refractivity contribution is 9.10. The van der Waals surface area contributed by atoms with Crippen LogP contribution < -0.4 is 0 Å². The van der Waals surface area contributed by atoms with Crippen LogP contribution in [0.25, 0.3) is 17.1 Å². The van der Waals surface area contributed by atoms with Gasteiger partial charge in [0.2, 0.25) is 0 Å². The number of aromatic nitrogens is 2. The average Bonchev–Trinajstić information content (AvgIpc) is 2.83. The number of pyridine rings is 1. The Hall–Kier alpha value is -1.55. The van der Waals surface area contributed by atoms with Crippen LogP contribution >= 0.6 is 15.9 Å². The molecule has 0 bridgehead atoms. The van der Waals surface area contributed by atoms with Crippen molar-refractivity contribution in [3.8, 4) is 11.5 Å². The summed E-state index contributed by atoms with van der Waals surface area (Å²) in [5.74, 6) is 1.70. The third-order valence-corrected chi connectivity index (χ3v) is 2.91. The van der Waals surface area contributed by atoms with Crippen molar-refractivity contribution in [3.05, 3.63) is 46.9 Å². The van der Waals surface area contributed by atoms with Gasteiger partial charge in [-0.3, -0.25) is 0 Å². The molecule has 0 aromatic carbocycles. The second-order valence-corrected chi connectivity index (χ2v) is 4.56. The Kier molecular flexibility index (Phi) is 2.11. The first-order chi connectivity index (χ1) is 7.72. The molecule has 0 amide bonds. The van der Waals surface area contributed by atoms with E-state index >= 15 is 0 Å². The summed E-state index contributed by atoms with van der Waals surface area (Å²) in [5, 5.41) is 0. The number of rotatable bonds is 1. The zero-order valence-electron chi connectivity index (χ0n) is 8.64. The van der Waals surface area contributed by atoms with E-state index in [1.54, 1.807) is 0 Å². The van der Waals surface area contributed by atoms with E-state index in [4.69, 9.17) is 4.42 Å². The maximum Gasteiger partial charge on any atom is 0.154 e. The Balaban J connectivity index is 2.18. The molecule has 0 saturated carbocycles. The number of hydrogen-bond donors (Lipinski definition) is 0. The van der Waals surface area contributed by atoms with Gasteiger partial charge >= 0.3 is 0 Å². The topological polar surface area (TPSA) is 30.4 Å². The molecule has 0 N–H and O–H groups in total. The van der Waals surface area contributed by atoms with Crippen molar-refractivity contribution >= 4 is 21.6 Å². The molecule has 3 rings (SSSR count). The fraction of sp³-hybridized carbons (Fsp3) is 0.0833. The van der Waals surface area contributed by atoms with Crippen LogP contribution in [0.1, 0.15) is 5.76 Å². The molecule has 0 fully saturated rings. The molecule has 3 aromatic heterocycles. The summed E-state index contributed by atoms with van der Waals surface area (Å²) in [5.41, 5.74) is 1.75. The first-order valence-electron chi connectivity index (χ1n) is 4.93. The first kappa shape index (κ1) is 9.66.